The monoisotopic (exact) mass is 347 g/mol. The molecule has 126 valence electrons. The predicted molar refractivity (Wildman–Crippen MR) is 87.7 cm³/mol. The number of nitrogens with one attached hydrogen (secondary N) is 2. The maximum Gasteiger partial charge on any atom is 0.338 e. The number of esters is 1. The topological polar surface area (TPSA) is 101 Å². The molecule has 1 heterocycles. The summed E-state index contributed by atoms with van der Waals surface area (Å²) in [5, 5.41) is 6.54. The molecule has 0 saturated heterocycles. The fourth-order valence-corrected chi connectivity index (χ4v) is 2.86. The van der Waals surface area contributed by atoms with Crippen molar-refractivity contribution >= 4 is 16.0 Å². The summed E-state index contributed by atoms with van der Waals surface area (Å²) in [6, 6.07) is 5.48. The highest BCUT2D eigenvalue weighted by atomic mass is 32.2. The van der Waals surface area contributed by atoms with Gasteiger partial charge in [0, 0.05) is 6.20 Å². The van der Waals surface area contributed by atoms with Crippen LogP contribution in [0.15, 0.2) is 41.6 Å². The highest BCUT2D eigenvalue weighted by molar-refractivity contribution is 7.89. The third kappa shape index (κ3) is 4.94. The molecule has 0 amide bonds. The van der Waals surface area contributed by atoms with Crippen LogP contribution in [0.4, 0.5) is 0 Å². The number of H-pyrrole nitrogens is 1. The number of nitrogens with zero attached hydrogens (tertiary/aromatic N) is 1. The van der Waals surface area contributed by atoms with E-state index in [1.165, 1.54) is 24.3 Å². The van der Waals surface area contributed by atoms with Crippen molar-refractivity contribution in [2.45, 2.75) is 17.7 Å². The molecule has 2 aromatic rings. The van der Waals surface area contributed by atoms with Gasteiger partial charge in [0.2, 0.25) is 10.0 Å². The molecule has 1 aromatic heterocycles. The van der Waals surface area contributed by atoms with E-state index in [2.05, 4.69) is 20.8 Å². The molecule has 0 saturated carbocycles. The van der Waals surface area contributed by atoms with Crippen LogP contribution in [0.2, 0.25) is 0 Å². The largest absolute Gasteiger partial charge is 0.462 e. The summed E-state index contributed by atoms with van der Waals surface area (Å²) >= 11 is 0. The first kappa shape index (κ1) is 17.7. The number of aryl methyl sites for hydroxylation is 1. The summed E-state index contributed by atoms with van der Waals surface area (Å²) in [6.45, 7) is 0.177. The molecule has 0 aliphatic carbocycles. The van der Waals surface area contributed by atoms with Crippen LogP contribution in [0.5, 0.6) is 0 Å². The molecule has 0 unspecified atom stereocenters. The van der Waals surface area contributed by atoms with Gasteiger partial charge in [-0.05, 0) is 42.7 Å². The first-order chi connectivity index (χ1) is 11.5. The summed E-state index contributed by atoms with van der Waals surface area (Å²) in [4.78, 5) is 11.9. The van der Waals surface area contributed by atoms with E-state index in [4.69, 9.17) is 11.2 Å². The van der Waals surface area contributed by atoms with Gasteiger partial charge in [-0.3, -0.25) is 5.10 Å². The molecule has 0 radical (unpaired) electrons. The lowest BCUT2D eigenvalue weighted by Gasteiger charge is -2.06. The summed E-state index contributed by atoms with van der Waals surface area (Å²) in [7, 11) is -3.66. The van der Waals surface area contributed by atoms with Crippen molar-refractivity contribution in [3.8, 4) is 12.3 Å². The summed E-state index contributed by atoms with van der Waals surface area (Å²) in [5.74, 6) is 1.69. The first-order valence-corrected chi connectivity index (χ1v) is 8.69. The molecule has 24 heavy (non-hydrogen) atoms. The zero-order valence-corrected chi connectivity index (χ0v) is 13.7. The van der Waals surface area contributed by atoms with E-state index in [-0.39, 0.29) is 23.6 Å². The number of carbonyl (C=O) groups excluding carboxylic acids is 1. The van der Waals surface area contributed by atoms with Crippen molar-refractivity contribution in [2.75, 3.05) is 13.2 Å². The lowest BCUT2D eigenvalue weighted by Crippen LogP contribution is -2.23. The normalized spacial score (nSPS) is 11.0. The molecule has 2 N–H and O–H groups in total. The number of hydrogen-bond donors (Lipinski definition) is 2. The molecule has 1 aromatic carbocycles. The minimum absolute atomic E-state index is 0.0363. The van der Waals surface area contributed by atoms with Crippen LogP contribution < -0.4 is 4.72 Å². The Bertz CT molecular complexity index is 806. The number of sulfonamides is 1. The second kappa shape index (κ2) is 8.29. The predicted octanol–water partition coefficient (Wildman–Crippen LogP) is 1.11. The maximum absolute atomic E-state index is 11.9. The van der Waals surface area contributed by atoms with Gasteiger partial charge < -0.3 is 4.74 Å². The quantitative estimate of drug-likeness (QED) is 0.423. The SMILES string of the molecule is C#CCNS(=O)(=O)c1ccc(C(=O)OCCCc2cn[nH]c2)cc1. The van der Waals surface area contributed by atoms with Crippen molar-refractivity contribution in [1.82, 2.24) is 14.9 Å². The van der Waals surface area contributed by atoms with Gasteiger partial charge in [-0.25, -0.2) is 13.2 Å². The number of carbonyl (C=O) groups is 1. The molecule has 0 aliphatic heterocycles. The van der Waals surface area contributed by atoms with E-state index in [0.717, 1.165) is 12.0 Å². The van der Waals surface area contributed by atoms with E-state index in [0.29, 0.717) is 6.42 Å². The molecule has 0 fully saturated rings. The smallest absolute Gasteiger partial charge is 0.338 e. The third-order valence-electron chi connectivity index (χ3n) is 3.16. The Morgan fingerprint density at radius 3 is 2.71 bits per heavy atom. The van der Waals surface area contributed by atoms with Crippen LogP contribution in [0.25, 0.3) is 0 Å². The van der Waals surface area contributed by atoms with Gasteiger partial charge in [0.25, 0.3) is 0 Å². The van der Waals surface area contributed by atoms with Gasteiger partial charge >= 0.3 is 5.97 Å². The summed E-state index contributed by atoms with van der Waals surface area (Å²) in [6.07, 6.45) is 9.95. The molecule has 0 atom stereocenters. The molecular weight excluding hydrogens is 330 g/mol. The van der Waals surface area contributed by atoms with Crippen molar-refractivity contribution < 1.29 is 17.9 Å². The maximum atomic E-state index is 11.9. The highest BCUT2D eigenvalue weighted by Crippen LogP contribution is 2.11. The first-order valence-electron chi connectivity index (χ1n) is 7.21. The Labute approximate surface area is 140 Å². The lowest BCUT2D eigenvalue weighted by molar-refractivity contribution is 0.0500. The Kier molecular flexibility index (Phi) is 6.12. The highest BCUT2D eigenvalue weighted by Gasteiger charge is 2.14. The van der Waals surface area contributed by atoms with Crippen LogP contribution in [-0.2, 0) is 21.2 Å². The number of hydrogen-bond acceptors (Lipinski definition) is 5. The van der Waals surface area contributed by atoms with Gasteiger partial charge in [0.05, 0.1) is 29.8 Å². The molecule has 2 rings (SSSR count). The molecule has 7 nitrogen and oxygen atoms in total. The molecular formula is C16H17N3O4S. The molecule has 0 spiro atoms. The standard InChI is InChI=1S/C16H17N3O4S/c1-2-9-19-24(21,22)15-7-5-14(6-8-15)16(20)23-10-3-4-13-11-17-18-12-13/h1,5-8,11-12,19H,3-4,9-10H2,(H,17,18). The zero-order valence-electron chi connectivity index (χ0n) is 12.9. The molecule has 0 bridgehead atoms. The van der Waals surface area contributed by atoms with Crippen LogP contribution in [-0.4, -0.2) is 37.7 Å². The average molecular weight is 347 g/mol. The van der Waals surface area contributed by atoms with Gasteiger partial charge in [-0.15, -0.1) is 6.42 Å². The number of aromatic amines is 1. The minimum atomic E-state index is -3.66. The van der Waals surface area contributed by atoms with Gasteiger partial charge in [-0.2, -0.15) is 9.82 Å². The number of ether oxygens (including phenoxy) is 1. The minimum Gasteiger partial charge on any atom is -0.462 e. The second-order valence-corrected chi connectivity index (χ2v) is 6.67. The zero-order chi connectivity index (χ0) is 17.4. The van der Waals surface area contributed by atoms with Crippen LogP contribution in [0.3, 0.4) is 0 Å². The second-order valence-electron chi connectivity index (χ2n) is 4.90. The lowest BCUT2D eigenvalue weighted by atomic mass is 10.2. The number of benzene rings is 1. The van der Waals surface area contributed by atoms with E-state index < -0.39 is 16.0 Å². The van der Waals surface area contributed by atoms with E-state index in [9.17, 15) is 13.2 Å². The van der Waals surface area contributed by atoms with Crippen molar-refractivity contribution in [1.29, 1.82) is 0 Å². The Hall–Kier alpha value is -2.63. The fourth-order valence-electron chi connectivity index (χ4n) is 1.93. The van der Waals surface area contributed by atoms with Gasteiger partial charge in [0.1, 0.15) is 0 Å². The van der Waals surface area contributed by atoms with E-state index in [1.807, 2.05) is 0 Å². The number of aromatic nitrogens is 2. The summed E-state index contributed by atoms with van der Waals surface area (Å²) < 4.78 is 31.1. The van der Waals surface area contributed by atoms with Crippen LogP contribution in [0.1, 0.15) is 22.3 Å². The van der Waals surface area contributed by atoms with Crippen molar-refractivity contribution in [3.05, 3.63) is 47.8 Å². The number of rotatable bonds is 8. The van der Waals surface area contributed by atoms with E-state index in [1.54, 1.807) is 12.4 Å². The summed E-state index contributed by atoms with van der Waals surface area (Å²) in [5.41, 5.74) is 1.33. The average Bonchev–Trinajstić information content (AvgIpc) is 3.10. The fraction of sp³-hybridized carbons (Fsp3) is 0.250. The van der Waals surface area contributed by atoms with E-state index >= 15 is 0 Å². The van der Waals surface area contributed by atoms with Crippen molar-refractivity contribution in [3.63, 3.8) is 0 Å². The van der Waals surface area contributed by atoms with Crippen molar-refractivity contribution in [2.24, 2.45) is 0 Å². The Morgan fingerprint density at radius 1 is 1.33 bits per heavy atom. The Morgan fingerprint density at radius 2 is 2.08 bits per heavy atom. The molecule has 0 aliphatic rings. The van der Waals surface area contributed by atoms with Crippen LogP contribution >= 0.6 is 0 Å². The van der Waals surface area contributed by atoms with Gasteiger partial charge in [0.15, 0.2) is 0 Å². The molecule has 8 heteroatoms. The third-order valence-corrected chi connectivity index (χ3v) is 4.58. The van der Waals surface area contributed by atoms with Crippen LogP contribution in [0, 0.1) is 12.3 Å². The number of terminal acetylenes is 1. The Balaban J connectivity index is 1.85. The van der Waals surface area contributed by atoms with Gasteiger partial charge in [-0.1, -0.05) is 5.92 Å².